The molecule has 1 saturated heterocycles. The second kappa shape index (κ2) is 7.92. The minimum Gasteiger partial charge on any atom is -0.337 e. The van der Waals surface area contributed by atoms with Gasteiger partial charge < -0.3 is 4.90 Å². The fourth-order valence-electron chi connectivity index (χ4n) is 4.23. The smallest absolute Gasteiger partial charge is 0.337 e. The van der Waals surface area contributed by atoms with Crippen molar-refractivity contribution >= 4 is 22.3 Å². The molecule has 10 heteroatoms. The van der Waals surface area contributed by atoms with E-state index < -0.39 is 12.7 Å². The van der Waals surface area contributed by atoms with E-state index in [1.807, 2.05) is 18.2 Å². The van der Waals surface area contributed by atoms with Crippen LogP contribution in [0, 0.1) is 0 Å². The van der Waals surface area contributed by atoms with Crippen LogP contribution in [0.5, 0.6) is 0 Å². The Bertz CT molecular complexity index is 1280. The first kappa shape index (κ1) is 20.5. The van der Waals surface area contributed by atoms with Gasteiger partial charge in [0.1, 0.15) is 17.9 Å². The van der Waals surface area contributed by atoms with Crippen LogP contribution in [0.25, 0.3) is 27.7 Å². The number of hydrogen-bond acceptors (Lipinski definition) is 4. The van der Waals surface area contributed by atoms with Crippen molar-refractivity contribution in [3.8, 4) is 11.3 Å². The minimum atomic E-state index is -4.46. The van der Waals surface area contributed by atoms with E-state index in [0.717, 1.165) is 35.9 Å². The molecule has 0 bridgehead atoms. The Hall–Kier alpha value is -3.43. The molecule has 1 fully saturated rings. The highest BCUT2D eigenvalue weighted by atomic mass is 19.4. The van der Waals surface area contributed by atoms with Crippen molar-refractivity contribution in [3.63, 3.8) is 0 Å². The number of nitrogens with zero attached hydrogens (tertiary/aromatic N) is 6. The maximum atomic E-state index is 13.3. The second-order valence-corrected chi connectivity index (χ2v) is 8.00. The third-order valence-corrected chi connectivity index (χ3v) is 5.76. The molecule has 0 atom stereocenters. The normalized spacial score (nSPS) is 15.4. The number of amides is 1. The van der Waals surface area contributed by atoms with Crippen LogP contribution < -0.4 is 0 Å². The standard InChI is InChI=1S/C22H21F3N6O/c23-22(24,25)14-31-19-11-17(21(32)29-8-4-1-2-5-9-29)26-12-15(19)20(28-31)16-13-27-30-10-6-3-7-18(16)30/h3,6-7,10-13H,1-2,4-5,8-9,14H2. The van der Waals surface area contributed by atoms with E-state index in [2.05, 4.69) is 15.2 Å². The fourth-order valence-corrected chi connectivity index (χ4v) is 4.23. The number of halogens is 3. The Morgan fingerprint density at radius 3 is 2.56 bits per heavy atom. The number of aromatic nitrogens is 5. The second-order valence-electron chi connectivity index (χ2n) is 8.00. The van der Waals surface area contributed by atoms with Gasteiger partial charge in [0, 0.05) is 36.4 Å². The monoisotopic (exact) mass is 442 g/mol. The molecule has 7 nitrogen and oxygen atoms in total. The summed E-state index contributed by atoms with van der Waals surface area (Å²) in [4.78, 5) is 19.1. The van der Waals surface area contributed by atoms with Gasteiger partial charge in [-0.2, -0.15) is 23.4 Å². The summed E-state index contributed by atoms with van der Waals surface area (Å²) in [5, 5.41) is 8.98. The van der Waals surface area contributed by atoms with E-state index in [1.165, 1.54) is 12.3 Å². The maximum Gasteiger partial charge on any atom is 0.408 e. The molecular formula is C22H21F3N6O. The highest BCUT2D eigenvalue weighted by molar-refractivity contribution is 6.00. The summed E-state index contributed by atoms with van der Waals surface area (Å²) in [6.45, 7) is 0.00604. The molecule has 1 aliphatic rings. The number of alkyl halides is 3. The first-order valence-electron chi connectivity index (χ1n) is 10.6. The molecule has 0 unspecified atom stereocenters. The minimum absolute atomic E-state index is 0.133. The molecule has 0 aromatic carbocycles. The Balaban J connectivity index is 1.62. The fraction of sp³-hybridized carbons (Fsp3) is 0.364. The Kier molecular flexibility index (Phi) is 5.07. The van der Waals surface area contributed by atoms with Crippen molar-refractivity contribution in [2.24, 2.45) is 0 Å². The molecule has 4 aromatic rings. The molecule has 0 aliphatic carbocycles. The third-order valence-electron chi connectivity index (χ3n) is 5.76. The number of carbonyl (C=O) groups is 1. The predicted octanol–water partition coefficient (Wildman–Crippen LogP) is 4.32. The van der Waals surface area contributed by atoms with Crippen molar-refractivity contribution < 1.29 is 18.0 Å². The highest BCUT2D eigenvalue weighted by Gasteiger charge is 2.31. The zero-order valence-electron chi connectivity index (χ0n) is 17.2. The lowest BCUT2D eigenvalue weighted by atomic mass is 10.1. The van der Waals surface area contributed by atoms with Crippen LogP contribution in [-0.2, 0) is 6.54 Å². The number of pyridine rings is 2. The van der Waals surface area contributed by atoms with Crippen LogP contribution in [0.3, 0.4) is 0 Å². The summed E-state index contributed by atoms with van der Waals surface area (Å²) in [5.74, 6) is -0.258. The lowest BCUT2D eigenvalue weighted by molar-refractivity contribution is -0.141. The molecule has 4 aromatic heterocycles. The number of likely N-dealkylation sites (tertiary alicyclic amines) is 1. The molecule has 0 radical (unpaired) electrons. The summed E-state index contributed by atoms with van der Waals surface area (Å²) in [5.41, 5.74) is 2.03. The molecule has 32 heavy (non-hydrogen) atoms. The van der Waals surface area contributed by atoms with E-state index in [9.17, 15) is 18.0 Å². The number of fused-ring (bicyclic) bond motifs is 2. The molecule has 0 N–H and O–H groups in total. The zero-order chi connectivity index (χ0) is 22.3. The van der Waals surface area contributed by atoms with Crippen molar-refractivity contribution in [2.75, 3.05) is 13.1 Å². The number of rotatable bonds is 3. The van der Waals surface area contributed by atoms with Crippen molar-refractivity contribution in [2.45, 2.75) is 38.4 Å². The first-order valence-corrected chi connectivity index (χ1v) is 10.6. The number of hydrogen-bond donors (Lipinski definition) is 0. The van der Waals surface area contributed by atoms with E-state index in [1.54, 1.807) is 21.8 Å². The molecular weight excluding hydrogens is 421 g/mol. The average molecular weight is 442 g/mol. The quantitative estimate of drug-likeness (QED) is 0.474. The van der Waals surface area contributed by atoms with Gasteiger partial charge in [-0.1, -0.05) is 18.9 Å². The van der Waals surface area contributed by atoms with Crippen molar-refractivity contribution in [1.82, 2.24) is 29.3 Å². The van der Waals surface area contributed by atoms with Crippen LogP contribution in [-0.4, -0.2) is 54.5 Å². The summed E-state index contributed by atoms with van der Waals surface area (Å²) in [7, 11) is 0. The van der Waals surface area contributed by atoms with E-state index in [-0.39, 0.29) is 17.1 Å². The number of carbonyl (C=O) groups excluding carboxylic acids is 1. The summed E-state index contributed by atoms with van der Waals surface area (Å²) in [6.07, 6.45) is 4.28. The zero-order valence-corrected chi connectivity index (χ0v) is 17.2. The van der Waals surface area contributed by atoms with Crippen LogP contribution in [0.2, 0.25) is 0 Å². The predicted molar refractivity (Wildman–Crippen MR) is 112 cm³/mol. The topological polar surface area (TPSA) is 68.3 Å². The van der Waals surface area contributed by atoms with E-state index >= 15 is 0 Å². The van der Waals surface area contributed by atoms with Crippen LogP contribution in [0.15, 0.2) is 42.9 Å². The first-order chi connectivity index (χ1) is 15.4. The molecule has 1 aliphatic heterocycles. The van der Waals surface area contributed by atoms with E-state index in [4.69, 9.17) is 0 Å². The van der Waals surface area contributed by atoms with Gasteiger partial charge >= 0.3 is 6.18 Å². The van der Waals surface area contributed by atoms with Gasteiger partial charge in [0.05, 0.1) is 17.2 Å². The van der Waals surface area contributed by atoms with Gasteiger partial charge in [-0.15, -0.1) is 0 Å². The molecule has 5 heterocycles. The van der Waals surface area contributed by atoms with Crippen molar-refractivity contribution in [1.29, 1.82) is 0 Å². The van der Waals surface area contributed by atoms with Crippen LogP contribution in [0.4, 0.5) is 13.2 Å². The average Bonchev–Trinajstić information content (AvgIpc) is 3.21. The summed E-state index contributed by atoms with van der Waals surface area (Å²) < 4.78 is 42.4. The Morgan fingerprint density at radius 1 is 1.03 bits per heavy atom. The third kappa shape index (κ3) is 3.80. The molecule has 166 valence electrons. The van der Waals surface area contributed by atoms with Gasteiger partial charge in [0.25, 0.3) is 5.91 Å². The SMILES string of the molecule is O=C(c1cc2c(cn1)c(-c1cnn3ccccc13)nn2CC(F)(F)F)N1CCCCCC1. The van der Waals surface area contributed by atoms with Gasteiger partial charge in [0.15, 0.2) is 0 Å². The Morgan fingerprint density at radius 2 is 1.81 bits per heavy atom. The lowest BCUT2D eigenvalue weighted by Gasteiger charge is -2.19. The Labute approximate surface area is 181 Å². The van der Waals surface area contributed by atoms with Crippen LogP contribution >= 0.6 is 0 Å². The van der Waals surface area contributed by atoms with Gasteiger partial charge in [-0.05, 0) is 31.0 Å². The largest absolute Gasteiger partial charge is 0.408 e. The van der Waals surface area contributed by atoms with Gasteiger partial charge in [-0.25, -0.2) is 4.52 Å². The molecule has 1 amide bonds. The molecule has 0 saturated carbocycles. The van der Waals surface area contributed by atoms with Gasteiger partial charge in [-0.3, -0.25) is 14.5 Å². The summed E-state index contributed by atoms with van der Waals surface area (Å²) >= 11 is 0. The van der Waals surface area contributed by atoms with Crippen molar-refractivity contribution in [3.05, 3.63) is 48.5 Å². The van der Waals surface area contributed by atoms with Gasteiger partial charge in [0.2, 0.25) is 0 Å². The summed E-state index contributed by atoms with van der Waals surface area (Å²) in [6, 6.07) is 6.89. The van der Waals surface area contributed by atoms with Crippen LogP contribution in [0.1, 0.15) is 36.2 Å². The highest BCUT2D eigenvalue weighted by Crippen LogP contribution is 2.32. The molecule has 0 spiro atoms. The van der Waals surface area contributed by atoms with E-state index in [0.29, 0.717) is 29.7 Å². The maximum absolute atomic E-state index is 13.3. The molecule has 5 rings (SSSR count). The lowest BCUT2D eigenvalue weighted by Crippen LogP contribution is -2.32.